The van der Waals surface area contributed by atoms with Gasteiger partial charge in [-0.2, -0.15) is 0 Å². The number of anilines is 1. The second-order valence-corrected chi connectivity index (χ2v) is 6.61. The van der Waals surface area contributed by atoms with Gasteiger partial charge >= 0.3 is 0 Å². The quantitative estimate of drug-likeness (QED) is 0.375. The molecule has 2 aromatic carbocycles. The fourth-order valence-corrected chi connectivity index (χ4v) is 3.37. The Labute approximate surface area is 187 Å². The molecule has 0 radical (unpaired) electrons. The van der Waals surface area contributed by atoms with Crippen molar-refractivity contribution >= 4 is 35.6 Å². The number of methoxy groups -OCH3 is 1. The number of benzene rings is 2. The molecule has 3 rings (SSSR count). The monoisotopic (exact) mass is 516 g/mol. The average molecular weight is 516 g/mol. The van der Waals surface area contributed by atoms with Crippen LogP contribution in [0.4, 0.5) is 14.5 Å². The number of nitrogens with one attached hydrogen (secondary N) is 1. The van der Waals surface area contributed by atoms with Crippen molar-refractivity contribution in [1.82, 2.24) is 10.2 Å². The Balaban J connectivity index is 0.00000300. The second-order valence-electron chi connectivity index (χ2n) is 6.61. The molecule has 0 saturated carbocycles. The maximum absolute atomic E-state index is 13.8. The zero-order valence-electron chi connectivity index (χ0n) is 16.7. The fraction of sp³-hybridized carbons (Fsp3) is 0.381. The Morgan fingerprint density at radius 3 is 2.52 bits per heavy atom. The van der Waals surface area contributed by atoms with E-state index < -0.39 is 11.6 Å². The van der Waals surface area contributed by atoms with E-state index in [2.05, 4.69) is 26.2 Å². The van der Waals surface area contributed by atoms with Crippen LogP contribution in [0, 0.1) is 11.6 Å². The lowest BCUT2D eigenvalue weighted by molar-refractivity contribution is 0.372. The molecule has 2 aromatic rings. The Hall–Kier alpha value is -2.10. The molecule has 1 fully saturated rings. The molecule has 1 N–H and O–H groups in total. The van der Waals surface area contributed by atoms with E-state index in [4.69, 9.17) is 4.74 Å². The summed E-state index contributed by atoms with van der Waals surface area (Å²) in [5, 5.41) is 3.26. The predicted octanol–water partition coefficient (Wildman–Crippen LogP) is 3.53. The van der Waals surface area contributed by atoms with E-state index in [9.17, 15) is 8.78 Å². The maximum Gasteiger partial charge on any atom is 0.193 e. The zero-order valence-corrected chi connectivity index (χ0v) is 19.0. The lowest BCUT2D eigenvalue weighted by atomic mass is 10.1. The smallest absolute Gasteiger partial charge is 0.193 e. The van der Waals surface area contributed by atoms with Gasteiger partial charge in [0, 0.05) is 51.5 Å². The van der Waals surface area contributed by atoms with Crippen molar-refractivity contribution in [2.24, 2.45) is 4.99 Å². The van der Waals surface area contributed by atoms with Crippen LogP contribution in [0.1, 0.15) is 5.56 Å². The summed E-state index contributed by atoms with van der Waals surface area (Å²) < 4.78 is 32.4. The molecule has 0 atom stereocenters. The van der Waals surface area contributed by atoms with Crippen LogP contribution >= 0.6 is 24.0 Å². The average Bonchev–Trinajstić information content (AvgIpc) is 2.74. The molecule has 0 spiro atoms. The summed E-state index contributed by atoms with van der Waals surface area (Å²) in [6, 6.07) is 12.3. The molecule has 8 heteroatoms. The zero-order chi connectivity index (χ0) is 19.9. The van der Waals surface area contributed by atoms with Gasteiger partial charge in [-0.3, -0.25) is 4.99 Å². The van der Waals surface area contributed by atoms with E-state index in [-0.39, 0.29) is 24.0 Å². The van der Waals surface area contributed by atoms with Gasteiger partial charge in [0.15, 0.2) is 17.6 Å². The summed E-state index contributed by atoms with van der Waals surface area (Å²) in [5.74, 6) is 0.0471. The molecule has 0 unspecified atom stereocenters. The molecule has 1 aliphatic heterocycles. The third kappa shape index (κ3) is 5.94. The molecule has 1 saturated heterocycles. The molecular weight excluding hydrogens is 489 g/mol. The van der Waals surface area contributed by atoms with Crippen LogP contribution in [0.3, 0.4) is 0 Å². The van der Waals surface area contributed by atoms with Gasteiger partial charge in [0.05, 0.1) is 7.11 Å². The molecule has 0 amide bonds. The van der Waals surface area contributed by atoms with Crippen molar-refractivity contribution in [3.63, 3.8) is 0 Å². The third-order valence-electron chi connectivity index (χ3n) is 4.92. The molecule has 0 bridgehead atoms. The number of rotatable bonds is 5. The van der Waals surface area contributed by atoms with Gasteiger partial charge < -0.3 is 19.9 Å². The Kier molecular flexibility index (Phi) is 8.94. The van der Waals surface area contributed by atoms with Crippen LogP contribution in [0.15, 0.2) is 47.5 Å². The van der Waals surface area contributed by atoms with E-state index in [0.717, 1.165) is 49.6 Å². The van der Waals surface area contributed by atoms with Gasteiger partial charge in [0.25, 0.3) is 0 Å². The van der Waals surface area contributed by atoms with Crippen LogP contribution in [-0.2, 0) is 6.42 Å². The highest BCUT2D eigenvalue weighted by Gasteiger charge is 2.20. The summed E-state index contributed by atoms with van der Waals surface area (Å²) in [6.45, 7) is 3.87. The lowest BCUT2D eigenvalue weighted by Crippen LogP contribution is -2.52. The van der Waals surface area contributed by atoms with Crippen LogP contribution in [-0.4, -0.2) is 57.7 Å². The number of hydrogen-bond donors (Lipinski definition) is 1. The van der Waals surface area contributed by atoms with E-state index >= 15 is 0 Å². The van der Waals surface area contributed by atoms with Crippen molar-refractivity contribution in [2.75, 3.05) is 51.8 Å². The standard InChI is InChI=1S/C21H26F2N4O.HI/c1-24-21(25-10-9-16-5-3-8-19(22)20(16)23)27-13-11-26(12-14-27)17-6-4-7-18(15-17)28-2;/h3-8,15H,9-14H2,1-2H3,(H,24,25);1H. The Bertz CT molecular complexity index is 826. The van der Waals surface area contributed by atoms with Crippen LogP contribution in [0.5, 0.6) is 5.75 Å². The van der Waals surface area contributed by atoms with Gasteiger partial charge in [0.1, 0.15) is 5.75 Å². The minimum Gasteiger partial charge on any atom is -0.497 e. The second kappa shape index (κ2) is 11.2. The van der Waals surface area contributed by atoms with Crippen molar-refractivity contribution in [3.05, 3.63) is 59.7 Å². The third-order valence-corrected chi connectivity index (χ3v) is 4.92. The molecular formula is C21H27F2IN4O. The predicted molar refractivity (Wildman–Crippen MR) is 124 cm³/mol. The van der Waals surface area contributed by atoms with Crippen molar-refractivity contribution in [3.8, 4) is 5.75 Å². The van der Waals surface area contributed by atoms with E-state index in [1.165, 1.54) is 6.07 Å². The van der Waals surface area contributed by atoms with Crippen molar-refractivity contribution < 1.29 is 13.5 Å². The number of nitrogens with zero attached hydrogens (tertiary/aromatic N) is 3. The fourth-order valence-electron chi connectivity index (χ4n) is 3.37. The number of piperazine rings is 1. The molecule has 1 heterocycles. The largest absolute Gasteiger partial charge is 0.497 e. The number of halogens is 3. The molecule has 5 nitrogen and oxygen atoms in total. The first-order chi connectivity index (χ1) is 13.6. The molecule has 29 heavy (non-hydrogen) atoms. The first-order valence-corrected chi connectivity index (χ1v) is 9.40. The van der Waals surface area contributed by atoms with Crippen molar-refractivity contribution in [2.45, 2.75) is 6.42 Å². The van der Waals surface area contributed by atoms with E-state index in [1.807, 2.05) is 18.2 Å². The number of aliphatic imine (C=N–C) groups is 1. The minimum absolute atomic E-state index is 0. The lowest BCUT2D eigenvalue weighted by Gasteiger charge is -2.37. The van der Waals surface area contributed by atoms with Gasteiger partial charge in [-0.15, -0.1) is 24.0 Å². The first kappa shape index (κ1) is 23.2. The minimum atomic E-state index is -0.810. The van der Waals surface area contributed by atoms with Gasteiger partial charge in [-0.1, -0.05) is 18.2 Å². The highest BCUT2D eigenvalue weighted by Crippen LogP contribution is 2.22. The topological polar surface area (TPSA) is 40.1 Å². The van der Waals surface area contributed by atoms with Crippen molar-refractivity contribution in [1.29, 1.82) is 0 Å². The van der Waals surface area contributed by atoms with E-state index in [1.54, 1.807) is 20.2 Å². The Morgan fingerprint density at radius 1 is 1.10 bits per heavy atom. The summed E-state index contributed by atoms with van der Waals surface area (Å²) >= 11 is 0. The summed E-state index contributed by atoms with van der Waals surface area (Å²) in [6.07, 6.45) is 0.395. The highest BCUT2D eigenvalue weighted by molar-refractivity contribution is 14.0. The summed E-state index contributed by atoms with van der Waals surface area (Å²) in [7, 11) is 3.40. The summed E-state index contributed by atoms with van der Waals surface area (Å²) in [4.78, 5) is 8.83. The number of hydrogen-bond acceptors (Lipinski definition) is 3. The molecule has 158 valence electrons. The number of ether oxygens (including phenoxy) is 1. The number of guanidine groups is 1. The van der Waals surface area contributed by atoms with Gasteiger partial charge in [-0.05, 0) is 30.2 Å². The molecule has 1 aliphatic rings. The van der Waals surface area contributed by atoms with Crippen LogP contribution in [0.2, 0.25) is 0 Å². The first-order valence-electron chi connectivity index (χ1n) is 9.40. The molecule has 0 aromatic heterocycles. The summed E-state index contributed by atoms with van der Waals surface area (Å²) in [5.41, 5.74) is 1.51. The normalized spacial score (nSPS) is 14.4. The highest BCUT2D eigenvalue weighted by atomic mass is 127. The molecule has 0 aliphatic carbocycles. The maximum atomic E-state index is 13.8. The van der Waals surface area contributed by atoms with Gasteiger partial charge in [0.2, 0.25) is 0 Å². The van der Waals surface area contributed by atoms with Crippen LogP contribution < -0.4 is 15.0 Å². The van der Waals surface area contributed by atoms with E-state index in [0.29, 0.717) is 18.5 Å². The van der Waals surface area contributed by atoms with Gasteiger partial charge in [-0.25, -0.2) is 8.78 Å². The SMILES string of the molecule is CN=C(NCCc1cccc(F)c1F)N1CCN(c2cccc(OC)c2)CC1.I. The Morgan fingerprint density at radius 2 is 1.83 bits per heavy atom. The van der Waals surface area contributed by atoms with Crippen LogP contribution in [0.25, 0.3) is 0 Å².